The normalized spacial score (nSPS) is 10.3. The highest BCUT2D eigenvalue weighted by molar-refractivity contribution is 7.17. The number of nitrogens with zero attached hydrogens (tertiary/aromatic N) is 1. The van der Waals surface area contributed by atoms with Crippen molar-refractivity contribution < 1.29 is 18.4 Å². The number of aromatic nitrogens is 1. The second-order valence-corrected chi connectivity index (χ2v) is 6.48. The number of amides is 3. The van der Waals surface area contributed by atoms with Crippen molar-refractivity contribution in [2.75, 3.05) is 16.0 Å². The summed E-state index contributed by atoms with van der Waals surface area (Å²) in [6.07, 6.45) is 0. The molecule has 3 aromatic rings. The third-order valence-electron chi connectivity index (χ3n) is 3.41. The minimum atomic E-state index is -0.576. The molecule has 3 amide bonds. The van der Waals surface area contributed by atoms with Crippen LogP contribution in [0.1, 0.15) is 15.4 Å². The van der Waals surface area contributed by atoms with Gasteiger partial charge >= 0.3 is 6.03 Å². The molecule has 0 saturated carbocycles. The van der Waals surface area contributed by atoms with E-state index in [1.54, 1.807) is 13.0 Å². The van der Waals surface area contributed by atoms with E-state index in [0.717, 1.165) is 11.3 Å². The molecule has 138 valence electrons. The molecule has 0 bridgehead atoms. The Hall–Kier alpha value is -3.33. The van der Waals surface area contributed by atoms with Gasteiger partial charge in [0.2, 0.25) is 0 Å². The molecular weight excluding hydrogens is 374 g/mol. The van der Waals surface area contributed by atoms with Crippen molar-refractivity contribution in [2.24, 2.45) is 0 Å². The quantitative estimate of drug-likeness (QED) is 0.610. The van der Waals surface area contributed by atoms with Crippen molar-refractivity contribution in [3.8, 4) is 0 Å². The van der Waals surface area contributed by atoms with Crippen molar-refractivity contribution in [2.45, 2.75) is 6.92 Å². The van der Waals surface area contributed by atoms with E-state index in [1.807, 2.05) is 0 Å². The van der Waals surface area contributed by atoms with E-state index in [0.29, 0.717) is 17.1 Å². The van der Waals surface area contributed by atoms with Crippen LogP contribution >= 0.6 is 11.3 Å². The maximum absolute atomic E-state index is 13.2. The number of halogens is 2. The maximum Gasteiger partial charge on any atom is 0.325 e. The zero-order chi connectivity index (χ0) is 19.4. The first kappa shape index (κ1) is 18.5. The lowest BCUT2D eigenvalue weighted by molar-refractivity contribution is 0.103. The first-order chi connectivity index (χ1) is 12.9. The van der Waals surface area contributed by atoms with Gasteiger partial charge in [-0.05, 0) is 49.4 Å². The standard InChI is InChI=1S/C18H14F2N4O2S/c1-10-15(16(25)22-14-4-2-3-12(20)9-14)27-18(21-10)24-17(26)23-13-7-5-11(19)6-8-13/h2-9H,1H3,(H,22,25)(H2,21,23,24,26). The van der Waals surface area contributed by atoms with Gasteiger partial charge in [0.25, 0.3) is 5.91 Å². The predicted molar refractivity (Wildman–Crippen MR) is 100 cm³/mol. The summed E-state index contributed by atoms with van der Waals surface area (Å²) >= 11 is 0.984. The highest BCUT2D eigenvalue weighted by atomic mass is 32.1. The van der Waals surface area contributed by atoms with Crippen LogP contribution in [0.3, 0.4) is 0 Å². The lowest BCUT2D eigenvalue weighted by Gasteiger charge is -2.05. The summed E-state index contributed by atoms with van der Waals surface area (Å²) in [7, 11) is 0. The number of aryl methyl sites for hydroxylation is 1. The fraction of sp³-hybridized carbons (Fsp3) is 0.0556. The van der Waals surface area contributed by atoms with Crippen LogP contribution in [0.15, 0.2) is 48.5 Å². The summed E-state index contributed by atoms with van der Waals surface area (Å²) < 4.78 is 26.1. The van der Waals surface area contributed by atoms with E-state index < -0.39 is 23.6 Å². The van der Waals surface area contributed by atoms with Crippen LogP contribution in [-0.4, -0.2) is 16.9 Å². The van der Waals surface area contributed by atoms with E-state index in [4.69, 9.17) is 0 Å². The Kier molecular flexibility index (Phi) is 5.41. The highest BCUT2D eigenvalue weighted by Crippen LogP contribution is 2.24. The Morgan fingerprint density at radius 1 is 0.926 bits per heavy atom. The maximum atomic E-state index is 13.2. The van der Waals surface area contributed by atoms with E-state index in [-0.39, 0.29) is 10.0 Å². The van der Waals surface area contributed by atoms with Crippen molar-refractivity contribution in [3.63, 3.8) is 0 Å². The van der Waals surface area contributed by atoms with Crippen LogP contribution in [-0.2, 0) is 0 Å². The lowest BCUT2D eigenvalue weighted by Crippen LogP contribution is -2.19. The average molecular weight is 388 g/mol. The zero-order valence-corrected chi connectivity index (χ0v) is 14.9. The smallest absolute Gasteiger partial charge is 0.321 e. The van der Waals surface area contributed by atoms with Gasteiger partial charge in [-0.2, -0.15) is 0 Å². The number of hydrogen-bond donors (Lipinski definition) is 3. The molecule has 3 rings (SSSR count). The number of anilines is 3. The zero-order valence-electron chi connectivity index (χ0n) is 14.0. The first-order valence-corrected chi connectivity index (χ1v) is 8.60. The molecule has 0 aliphatic heterocycles. The number of carbonyl (C=O) groups is 2. The van der Waals surface area contributed by atoms with Gasteiger partial charge in [-0.3, -0.25) is 10.1 Å². The van der Waals surface area contributed by atoms with Crippen LogP contribution in [0, 0.1) is 18.6 Å². The minimum absolute atomic E-state index is 0.219. The van der Waals surface area contributed by atoms with Gasteiger partial charge < -0.3 is 10.6 Å². The molecule has 3 N–H and O–H groups in total. The molecule has 9 heteroatoms. The summed E-state index contributed by atoms with van der Waals surface area (Å²) in [5.74, 6) is -1.33. The number of rotatable bonds is 4. The van der Waals surface area contributed by atoms with E-state index in [9.17, 15) is 18.4 Å². The third-order valence-corrected chi connectivity index (χ3v) is 4.48. The van der Waals surface area contributed by atoms with Crippen LogP contribution in [0.25, 0.3) is 0 Å². The predicted octanol–water partition coefficient (Wildman–Crippen LogP) is 4.63. The molecule has 6 nitrogen and oxygen atoms in total. The Morgan fingerprint density at radius 3 is 2.37 bits per heavy atom. The summed E-state index contributed by atoms with van der Waals surface area (Å²) in [5.41, 5.74) is 1.15. The minimum Gasteiger partial charge on any atom is -0.321 e. The molecule has 0 aliphatic rings. The molecule has 0 aliphatic carbocycles. The Labute approximate surface area is 157 Å². The monoisotopic (exact) mass is 388 g/mol. The van der Waals surface area contributed by atoms with Crippen molar-refractivity contribution in [3.05, 3.63) is 70.7 Å². The SMILES string of the molecule is Cc1nc(NC(=O)Nc2ccc(F)cc2)sc1C(=O)Nc1cccc(F)c1. The Bertz CT molecular complexity index is 989. The number of nitrogens with one attached hydrogen (secondary N) is 3. The van der Waals surface area contributed by atoms with Crippen LogP contribution in [0.4, 0.5) is 30.1 Å². The molecule has 0 spiro atoms. The van der Waals surface area contributed by atoms with Gasteiger partial charge in [-0.15, -0.1) is 0 Å². The molecule has 1 heterocycles. The molecule has 1 aromatic heterocycles. The van der Waals surface area contributed by atoms with Crippen molar-refractivity contribution >= 4 is 39.8 Å². The molecule has 0 saturated heterocycles. The number of carbonyl (C=O) groups excluding carboxylic acids is 2. The fourth-order valence-corrected chi connectivity index (χ4v) is 3.06. The molecule has 2 aromatic carbocycles. The largest absolute Gasteiger partial charge is 0.325 e. The van der Waals surface area contributed by atoms with Crippen molar-refractivity contribution in [1.82, 2.24) is 4.98 Å². The molecule has 27 heavy (non-hydrogen) atoms. The Balaban J connectivity index is 1.65. The topological polar surface area (TPSA) is 83.1 Å². The number of hydrogen-bond acceptors (Lipinski definition) is 4. The number of thiazole rings is 1. The van der Waals surface area contributed by atoms with Gasteiger partial charge in [0.1, 0.15) is 16.5 Å². The summed E-state index contributed by atoms with van der Waals surface area (Å²) in [4.78, 5) is 28.8. The fourth-order valence-electron chi connectivity index (χ4n) is 2.21. The molecular formula is C18H14F2N4O2S. The molecule has 0 fully saturated rings. The highest BCUT2D eigenvalue weighted by Gasteiger charge is 2.17. The van der Waals surface area contributed by atoms with Gasteiger partial charge in [-0.25, -0.2) is 18.6 Å². The van der Waals surface area contributed by atoms with E-state index in [1.165, 1.54) is 42.5 Å². The van der Waals surface area contributed by atoms with Crippen LogP contribution < -0.4 is 16.0 Å². The molecule has 0 atom stereocenters. The van der Waals surface area contributed by atoms with Crippen LogP contribution in [0.2, 0.25) is 0 Å². The second kappa shape index (κ2) is 7.92. The van der Waals surface area contributed by atoms with E-state index >= 15 is 0 Å². The lowest BCUT2D eigenvalue weighted by atomic mass is 10.3. The number of benzene rings is 2. The van der Waals surface area contributed by atoms with Crippen molar-refractivity contribution in [1.29, 1.82) is 0 Å². The summed E-state index contributed by atoms with van der Waals surface area (Å²) in [5, 5.41) is 7.85. The van der Waals surface area contributed by atoms with Gasteiger partial charge in [0.05, 0.1) is 5.69 Å². The van der Waals surface area contributed by atoms with Crippen LogP contribution in [0.5, 0.6) is 0 Å². The van der Waals surface area contributed by atoms with E-state index in [2.05, 4.69) is 20.9 Å². The second-order valence-electron chi connectivity index (χ2n) is 5.48. The summed E-state index contributed by atoms with van der Waals surface area (Å²) in [6, 6.07) is 10.2. The number of urea groups is 1. The summed E-state index contributed by atoms with van der Waals surface area (Å²) in [6.45, 7) is 1.63. The Morgan fingerprint density at radius 2 is 1.67 bits per heavy atom. The first-order valence-electron chi connectivity index (χ1n) is 7.78. The van der Waals surface area contributed by atoms with Gasteiger partial charge in [0, 0.05) is 11.4 Å². The van der Waals surface area contributed by atoms with Gasteiger partial charge in [-0.1, -0.05) is 17.4 Å². The molecule has 0 radical (unpaired) electrons. The van der Waals surface area contributed by atoms with Gasteiger partial charge in [0.15, 0.2) is 5.13 Å². The average Bonchev–Trinajstić information content (AvgIpc) is 2.97. The third kappa shape index (κ3) is 4.85. The molecule has 0 unspecified atom stereocenters.